The lowest BCUT2D eigenvalue weighted by molar-refractivity contribution is 0.190. The topological polar surface area (TPSA) is 42.3 Å². The van der Waals surface area contributed by atoms with E-state index in [0.717, 1.165) is 37.8 Å². The standard InChI is InChI=1S/C19H28N4O/c1-15-18(19(24-3)22(2)21-15)13-20-17-9-11-23(12-10-17)14-16-7-5-4-6-8-16/h4-8,17,20H,9-14H2,1-3H3. The molecule has 1 aliphatic rings. The second kappa shape index (κ2) is 7.81. The summed E-state index contributed by atoms with van der Waals surface area (Å²) < 4.78 is 7.29. The number of nitrogens with one attached hydrogen (secondary N) is 1. The maximum absolute atomic E-state index is 5.47. The SMILES string of the molecule is COc1c(CNC2CCN(Cc3ccccc3)CC2)c(C)nn1C. The van der Waals surface area contributed by atoms with Crippen molar-refractivity contribution in [1.82, 2.24) is 20.0 Å². The van der Waals surface area contributed by atoms with Gasteiger partial charge >= 0.3 is 0 Å². The number of aryl methyl sites for hydroxylation is 2. The van der Waals surface area contributed by atoms with Gasteiger partial charge in [0.1, 0.15) is 0 Å². The van der Waals surface area contributed by atoms with Crippen LogP contribution in [0.4, 0.5) is 0 Å². The zero-order valence-electron chi connectivity index (χ0n) is 15.0. The summed E-state index contributed by atoms with van der Waals surface area (Å²) in [5, 5.41) is 8.14. The molecule has 0 radical (unpaired) electrons. The summed E-state index contributed by atoms with van der Waals surface area (Å²) in [5.74, 6) is 0.863. The van der Waals surface area contributed by atoms with Crippen LogP contribution in [0, 0.1) is 6.92 Å². The van der Waals surface area contributed by atoms with Crippen molar-refractivity contribution < 1.29 is 4.74 Å². The van der Waals surface area contributed by atoms with Gasteiger partial charge in [-0.3, -0.25) is 4.90 Å². The Morgan fingerprint density at radius 2 is 1.92 bits per heavy atom. The Balaban J connectivity index is 1.48. The highest BCUT2D eigenvalue weighted by Crippen LogP contribution is 2.21. The van der Waals surface area contributed by atoms with Crippen LogP contribution in [0.15, 0.2) is 30.3 Å². The minimum absolute atomic E-state index is 0.571. The van der Waals surface area contributed by atoms with E-state index in [4.69, 9.17) is 4.74 Å². The molecule has 1 saturated heterocycles. The molecule has 24 heavy (non-hydrogen) atoms. The fraction of sp³-hybridized carbons (Fsp3) is 0.526. The Labute approximate surface area is 144 Å². The Hall–Kier alpha value is -1.85. The van der Waals surface area contributed by atoms with Gasteiger partial charge in [-0.15, -0.1) is 0 Å². The van der Waals surface area contributed by atoms with Crippen molar-refractivity contribution in [2.75, 3.05) is 20.2 Å². The van der Waals surface area contributed by atoms with Crippen LogP contribution in [0.2, 0.25) is 0 Å². The van der Waals surface area contributed by atoms with Crippen molar-refractivity contribution in [1.29, 1.82) is 0 Å². The number of aromatic nitrogens is 2. The maximum atomic E-state index is 5.47. The molecule has 2 aromatic rings. The molecule has 1 N–H and O–H groups in total. The van der Waals surface area contributed by atoms with Crippen molar-refractivity contribution in [2.45, 2.75) is 38.9 Å². The monoisotopic (exact) mass is 328 g/mol. The van der Waals surface area contributed by atoms with Gasteiger partial charge in [0.15, 0.2) is 0 Å². The van der Waals surface area contributed by atoms with E-state index in [1.54, 1.807) is 7.11 Å². The summed E-state index contributed by atoms with van der Waals surface area (Å²) in [7, 11) is 3.64. The predicted octanol–water partition coefficient (Wildman–Crippen LogP) is 2.49. The molecule has 5 heteroatoms. The van der Waals surface area contributed by atoms with Crippen LogP contribution in [0.25, 0.3) is 0 Å². The van der Waals surface area contributed by atoms with Crippen LogP contribution >= 0.6 is 0 Å². The molecule has 0 saturated carbocycles. The number of nitrogens with zero attached hydrogens (tertiary/aromatic N) is 3. The van der Waals surface area contributed by atoms with Gasteiger partial charge in [-0.2, -0.15) is 5.10 Å². The predicted molar refractivity (Wildman–Crippen MR) is 96.1 cm³/mol. The van der Waals surface area contributed by atoms with Gasteiger partial charge in [-0.1, -0.05) is 30.3 Å². The van der Waals surface area contributed by atoms with Gasteiger partial charge in [0.05, 0.1) is 18.4 Å². The summed E-state index contributed by atoms with van der Waals surface area (Å²) in [6.45, 7) is 6.22. The molecule has 130 valence electrons. The number of methoxy groups -OCH3 is 1. The lowest BCUT2D eigenvalue weighted by Gasteiger charge is -2.32. The second-order valence-electron chi connectivity index (χ2n) is 6.61. The zero-order valence-corrected chi connectivity index (χ0v) is 15.0. The third-order valence-corrected chi connectivity index (χ3v) is 4.89. The fourth-order valence-electron chi connectivity index (χ4n) is 3.52. The van der Waals surface area contributed by atoms with Crippen LogP contribution in [-0.4, -0.2) is 40.9 Å². The number of hydrogen-bond acceptors (Lipinski definition) is 4. The van der Waals surface area contributed by atoms with E-state index in [2.05, 4.69) is 45.6 Å². The molecule has 3 rings (SSSR count). The van der Waals surface area contributed by atoms with Gasteiger partial charge in [-0.25, -0.2) is 4.68 Å². The van der Waals surface area contributed by atoms with E-state index < -0.39 is 0 Å². The third kappa shape index (κ3) is 3.97. The van der Waals surface area contributed by atoms with E-state index in [1.807, 2.05) is 18.7 Å². The van der Waals surface area contributed by atoms with Crippen molar-refractivity contribution in [3.63, 3.8) is 0 Å². The Morgan fingerprint density at radius 1 is 1.21 bits per heavy atom. The van der Waals surface area contributed by atoms with E-state index in [-0.39, 0.29) is 0 Å². The lowest BCUT2D eigenvalue weighted by atomic mass is 10.0. The molecule has 0 bridgehead atoms. The van der Waals surface area contributed by atoms with Gasteiger partial charge in [-0.05, 0) is 38.4 Å². The summed E-state index contributed by atoms with van der Waals surface area (Å²) in [6.07, 6.45) is 2.38. The van der Waals surface area contributed by atoms with Crippen LogP contribution in [0.5, 0.6) is 5.88 Å². The average Bonchev–Trinajstić information content (AvgIpc) is 2.88. The van der Waals surface area contributed by atoms with Crippen molar-refractivity contribution in [3.05, 3.63) is 47.2 Å². The van der Waals surface area contributed by atoms with Crippen LogP contribution < -0.4 is 10.1 Å². The quantitative estimate of drug-likeness (QED) is 0.885. The zero-order chi connectivity index (χ0) is 16.9. The Kier molecular flexibility index (Phi) is 5.53. The fourth-order valence-corrected chi connectivity index (χ4v) is 3.52. The minimum atomic E-state index is 0.571. The maximum Gasteiger partial charge on any atom is 0.216 e. The smallest absolute Gasteiger partial charge is 0.216 e. The molecular weight excluding hydrogens is 300 g/mol. The number of hydrogen-bond donors (Lipinski definition) is 1. The molecule has 1 aromatic carbocycles. The molecule has 1 aromatic heterocycles. The highest BCUT2D eigenvalue weighted by Gasteiger charge is 2.20. The van der Waals surface area contributed by atoms with Gasteiger partial charge in [0.2, 0.25) is 5.88 Å². The van der Waals surface area contributed by atoms with Crippen LogP contribution in [0.1, 0.15) is 29.7 Å². The number of benzene rings is 1. The number of piperidine rings is 1. The summed E-state index contributed by atoms with van der Waals surface area (Å²) in [4.78, 5) is 2.55. The highest BCUT2D eigenvalue weighted by molar-refractivity contribution is 5.30. The Bertz CT molecular complexity index is 645. The van der Waals surface area contributed by atoms with Crippen molar-refractivity contribution in [2.24, 2.45) is 7.05 Å². The van der Waals surface area contributed by atoms with Crippen LogP contribution in [0.3, 0.4) is 0 Å². The average molecular weight is 328 g/mol. The lowest BCUT2D eigenvalue weighted by Crippen LogP contribution is -2.41. The largest absolute Gasteiger partial charge is 0.481 e. The molecule has 0 amide bonds. The highest BCUT2D eigenvalue weighted by atomic mass is 16.5. The number of likely N-dealkylation sites (tertiary alicyclic amines) is 1. The molecular formula is C19H28N4O. The number of ether oxygens (including phenoxy) is 1. The molecule has 1 aliphatic heterocycles. The van der Waals surface area contributed by atoms with E-state index in [9.17, 15) is 0 Å². The van der Waals surface area contributed by atoms with Gasteiger partial charge in [0.25, 0.3) is 0 Å². The summed E-state index contributed by atoms with van der Waals surface area (Å²) in [5.41, 5.74) is 3.62. The molecule has 0 atom stereocenters. The Morgan fingerprint density at radius 3 is 2.58 bits per heavy atom. The first-order valence-electron chi connectivity index (χ1n) is 8.73. The van der Waals surface area contributed by atoms with Crippen LogP contribution in [-0.2, 0) is 20.1 Å². The van der Waals surface area contributed by atoms with E-state index in [0.29, 0.717) is 6.04 Å². The van der Waals surface area contributed by atoms with Gasteiger partial charge < -0.3 is 10.1 Å². The molecule has 0 aliphatic carbocycles. The van der Waals surface area contributed by atoms with Crippen molar-refractivity contribution >= 4 is 0 Å². The second-order valence-corrected chi connectivity index (χ2v) is 6.61. The van der Waals surface area contributed by atoms with Gasteiger partial charge in [0, 0.05) is 26.2 Å². The summed E-state index contributed by atoms with van der Waals surface area (Å²) >= 11 is 0. The molecule has 0 spiro atoms. The molecule has 1 fully saturated rings. The first kappa shape index (κ1) is 17.0. The molecule has 5 nitrogen and oxygen atoms in total. The summed E-state index contributed by atoms with van der Waals surface area (Å²) in [6, 6.07) is 11.3. The minimum Gasteiger partial charge on any atom is -0.481 e. The van der Waals surface area contributed by atoms with Crippen molar-refractivity contribution in [3.8, 4) is 5.88 Å². The third-order valence-electron chi connectivity index (χ3n) is 4.89. The first-order valence-corrected chi connectivity index (χ1v) is 8.73. The number of rotatable bonds is 6. The molecule has 0 unspecified atom stereocenters. The normalized spacial score (nSPS) is 16.5. The van der Waals surface area contributed by atoms with E-state index >= 15 is 0 Å². The first-order chi connectivity index (χ1) is 11.7. The van der Waals surface area contributed by atoms with E-state index in [1.165, 1.54) is 24.0 Å². The molecule has 2 heterocycles.